The van der Waals surface area contributed by atoms with Crippen LogP contribution in [-0.4, -0.2) is 20.3 Å². The number of aromatic nitrogens is 1. The van der Waals surface area contributed by atoms with Gasteiger partial charge in [-0.25, -0.2) is 0 Å². The van der Waals surface area contributed by atoms with E-state index in [1.54, 1.807) is 18.2 Å². The van der Waals surface area contributed by atoms with Gasteiger partial charge >= 0.3 is 0 Å². The topological polar surface area (TPSA) is 76.5 Å². The first-order chi connectivity index (χ1) is 7.66. The second-order valence-corrected chi connectivity index (χ2v) is 3.71. The van der Waals surface area contributed by atoms with Gasteiger partial charge in [-0.2, -0.15) is 0 Å². The third-order valence-corrected chi connectivity index (χ3v) is 2.68. The van der Waals surface area contributed by atoms with Gasteiger partial charge in [0.15, 0.2) is 0 Å². The fourth-order valence-corrected chi connectivity index (χ4v) is 1.98. The molecule has 0 atom stereocenters. The third kappa shape index (κ3) is 1.04. The molecular formula is C12H9NO3. The molecule has 0 aliphatic carbocycles. The molecule has 1 heterocycles. The summed E-state index contributed by atoms with van der Waals surface area (Å²) in [5, 5.41) is 30.2. The Hall–Kier alpha value is -2.36. The van der Waals surface area contributed by atoms with E-state index in [0.717, 1.165) is 5.39 Å². The number of benzene rings is 2. The van der Waals surface area contributed by atoms with E-state index in [0.29, 0.717) is 16.4 Å². The highest BCUT2D eigenvalue weighted by Crippen LogP contribution is 2.37. The monoisotopic (exact) mass is 215 g/mol. The summed E-state index contributed by atoms with van der Waals surface area (Å²) >= 11 is 0. The smallest absolute Gasteiger partial charge is 0.143 e. The number of aromatic amines is 1. The van der Waals surface area contributed by atoms with Gasteiger partial charge in [-0.3, -0.25) is 0 Å². The highest BCUT2D eigenvalue weighted by Gasteiger charge is 2.11. The first-order valence-electron chi connectivity index (χ1n) is 4.82. The SMILES string of the molecule is Oc1cc(O)c2[nH]c3c(O)cccc3c2c1. The van der Waals surface area contributed by atoms with Crippen LogP contribution in [0.1, 0.15) is 0 Å². The molecule has 0 fully saturated rings. The van der Waals surface area contributed by atoms with E-state index in [1.165, 1.54) is 6.07 Å². The minimum Gasteiger partial charge on any atom is -0.508 e. The standard InChI is InChI=1S/C12H9NO3/c14-6-4-8-7-2-1-3-9(15)11(7)13-12(8)10(16)5-6/h1-5,13-16H. The molecule has 0 saturated heterocycles. The van der Waals surface area contributed by atoms with Gasteiger partial charge in [-0.1, -0.05) is 12.1 Å². The number of hydrogen-bond acceptors (Lipinski definition) is 3. The molecule has 0 bridgehead atoms. The minimum atomic E-state index is -0.0365. The van der Waals surface area contributed by atoms with Crippen LogP contribution in [-0.2, 0) is 0 Å². The number of phenols is 3. The molecule has 1 aromatic heterocycles. The summed E-state index contributed by atoms with van der Waals surface area (Å²) < 4.78 is 0. The lowest BCUT2D eigenvalue weighted by Gasteiger charge is -1.96. The number of aromatic hydroxyl groups is 3. The van der Waals surface area contributed by atoms with Crippen molar-refractivity contribution < 1.29 is 15.3 Å². The van der Waals surface area contributed by atoms with E-state index < -0.39 is 0 Å². The van der Waals surface area contributed by atoms with Crippen LogP contribution in [0.15, 0.2) is 30.3 Å². The van der Waals surface area contributed by atoms with Gasteiger partial charge in [0.2, 0.25) is 0 Å². The zero-order chi connectivity index (χ0) is 11.3. The van der Waals surface area contributed by atoms with E-state index in [1.807, 2.05) is 6.07 Å². The molecule has 0 aliphatic rings. The minimum absolute atomic E-state index is 0.00533. The van der Waals surface area contributed by atoms with Gasteiger partial charge in [0.25, 0.3) is 0 Å². The first-order valence-corrected chi connectivity index (χ1v) is 4.82. The molecule has 4 nitrogen and oxygen atoms in total. The predicted octanol–water partition coefficient (Wildman–Crippen LogP) is 2.44. The van der Waals surface area contributed by atoms with E-state index >= 15 is 0 Å². The summed E-state index contributed by atoms with van der Waals surface area (Å²) in [5.41, 5.74) is 1.06. The Kier molecular flexibility index (Phi) is 1.57. The lowest BCUT2D eigenvalue weighted by Crippen LogP contribution is -1.70. The molecule has 2 aromatic carbocycles. The molecule has 80 valence electrons. The highest BCUT2D eigenvalue weighted by molar-refractivity contribution is 6.11. The van der Waals surface area contributed by atoms with E-state index in [4.69, 9.17) is 0 Å². The van der Waals surface area contributed by atoms with E-state index in [2.05, 4.69) is 4.98 Å². The molecule has 0 aliphatic heterocycles. The number of fused-ring (bicyclic) bond motifs is 3. The first kappa shape index (κ1) is 8.91. The zero-order valence-corrected chi connectivity index (χ0v) is 8.23. The molecule has 4 N–H and O–H groups in total. The van der Waals surface area contributed by atoms with Crippen molar-refractivity contribution in [3.63, 3.8) is 0 Å². The number of rotatable bonds is 0. The maximum Gasteiger partial charge on any atom is 0.143 e. The van der Waals surface area contributed by atoms with Gasteiger partial charge in [-0.05, 0) is 12.1 Å². The summed E-state index contributed by atoms with van der Waals surface area (Å²) in [7, 11) is 0. The van der Waals surface area contributed by atoms with Crippen LogP contribution >= 0.6 is 0 Å². The quantitative estimate of drug-likeness (QED) is 0.465. The van der Waals surface area contributed by atoms with Crippen molar-refractivity contribution in [1.29, 1.82) is 0 Å². The predicted molar refractivity (Wildman–Crippen MR) is 60.8 cm³/mol. The largest absolute Gasteiger partial charge is 0.508 e. The fraction of sp³-hybridized carbons (Fsp3) is 0. The average Bonchev–Trinajstić information content (AvgIpc) is 2.59. The summed E-state index contributed by atoms with van der Waals surface area (Å²) in [6.45, 7) is 0. The van der Waals surface area contributed by atoms with Crippen molar-refractivity contribution in [2.45, 2.75) is 0 Å². The summed E-state index contributed by atoms with van der Waals surface area (Å²) in [6.07, 6.45) is 0. The molecule has 0 amide bonds. The van der Waals surface area contributed by atoms with Crippen LogP contribution < -0.4 is 0 Å². The fourth-order valence-electron chi connectivity index (χ4n) is 1.98. The summed E-state index contributed by atoms with van der Waals surface area (Å²) in [6, 6.07) is 7.90. The maximum absolute atomic E-state index is 9.67. The molecule has 0 radical (unpaired) electrons. The molecule has 0 saturated carbocycles. The zero-order valence-electron chi connectivity index (χ0n) is 8.23. The molecule has 0 spiro atoms. The van der Waals surface area contributed by atoms with Gasteiger partial charge in [0, 0.05) is 16.8 Å². The molecule has 0 unspecified atom stereocenters. The number of hydrogen-bond donors (Lipinski definition) is 4. The Morgan fingerprint density at radius 3 is 2.38 bits per heavy atom. The number of H-pyrrole nitrogens is 1. The van der Waals surface area contributed by atoms with Crippen LogP contribution in [0.5, 0.6) is 17.2 Å². The lowest BCUT2D eigenvalue weighted by molar-refractivity contribution is 0.454. The van der Waals surface area contributed by atoms with Crippen LogP contribution in [0, 0.1) is 0 Å². The number of para-hydroxylation sites is 1. The van der Waals surface area contributed by atoms with Crippen LogP contribution in [0.25, 0.3) is 21.8 Å². The highest BCUT2D eigenvalue weighted by atomic mass is 16.3. The van der Waals surface area contributed by atoms with Gasteiger partial charge in [-0.15, -0.1) is 0 Å². The van der Waals surface area contributed by atoms with Crippen molar-refractivity contribution in [1.82, 2.24) is 4.98 Å². The number of phenolic OH excluding ortho intramolecular Hbond substituents is 3. The Balaban J connectivity index is 2.61. The van der Waals surface area contributed by atoms with Gasteiger partial charge in [0.1, 0.15) is 17.2 Å². The van der Waals surface area contributed by atoms with Gasteiger partial charge in [0.05, 0.1) is 11.0 Å². The molecule has 16 heavy (non-hydrogen) atoms. The second-order valence-electron chi connectivity index (χ2n) is 3.71. The molecular weight excluding hydrogens is 206 g/mol. The second kappa shape index (κ2) is 2.82. The maximum atomic E-state index is 9.67. The summed E-state index contributed by atoms with van der Waals surface area (Å²) in [5.74, 6) is 0.0763. The Morgan fingerprint density at radius 2 is 1.56 bits per heavy atom. The van der Waals surface area contributed by atoms with E-state index in [-0.39, 0.29) is 17.2 Å². The Labute approximate surface area is 90.4 Å². The van der Waals surface area contributed by atoms with Crippen molar-refractivity contribution in [3.05, 3.63) is 30.3 Å². The number of nitrogens with one attached hydrogen (secondary N) is 1. The van der Waals surface area contributed by atoms with Crippen molar-refractivity contribution in [3.8, 4) is 17.2 Å². The summed E-state index contributed by atoms with van der Waals surface area (Å²) in [4.78, 5) is 2.93. The average molecular weight is 215 g/mol. The molecule has 3 aromatic rings. The van der Waals surface area contributed by atoms with Crippen molar-refractivity contribution >= 4 is 21.8 Å². The Morgan fingerprint density at radius 1 is 0.812 bits per heavy atom. The van der Waals surface area contributed by atoms with Crippen molar-refractivity contribution in [2.75, 3.05) is 0 Å². The Bertz CT molecular complexity index is 700. The van der Waals surface area contributed by atoms with Crippen molar-refractivity contribution in [2.24, 2.45) is 0 Å². The van der Waals surface area contributed by atoms with Crippen LogP contribution in [0.4, 0.5) is 0 Å². The third-order valence-electron chi connectivity index (χ3n) is 2.68. The van der Waals surface area contributed by atoms with Crippen LogP contribution in [0.3, 0.4) is 0 Å². The van der Waals surface area contributed by atoms with Crippen LogP contribution in [0.2, 0.25) is 0 Å². The van der Waals surface area contributed by atoms with E-state index in [9.17, 15) is 15.3 Å². The molecule has 4 heteroatoms. The lowest BCUT2D eigenvalue weighted by atomic mass is 10.1. The normalized spacial score (nSPS) is 11.2. The van der Waals surface area contributed by atoms with Gasteiger partial charge < -0.3 is 20.3 Å². The molecule has 3 rings (SSSR count).